The third-order valence-corrected chi connectivity index (χ3v) is 2.34. The van der Waals surface area contributed by atoms with E-state index < -0.39 is 11.9 Å². The van der Waals surface area contributed by atoms with Crippen LogP contribution in [0.2, 0.25) is 0 Å². The van der Waals surface area contributed by atoms with Gasteiger partial charge in [0.05, 0.1) is 5.56 Å². The van der Waals surface area contributed by atoms with Crippen LogP contribution < -0.4 is 5.48 Å². The van der Waals surface area contributed by atoms with Crippen LogP contribution >= 0.6 is 0 Å². The molecule has 0 spiro atoms. The SMILES string of the molecule is O=C(O)CCCCCNOC(=O)c1ccccc1. The van der Waals surface area contributed by atoms with Gasteiger partial charge in [-0.05, 0) is 25.0 Å². The van der Waals surface area contributed by atoms with Crippen molar-refractivity contribution < 1.29 is 19.5 Å². The zero-order valence-corrected chi connectivity index (χ0v) is 10.1. The second-order valence-corrected chi connectivity index (χ2v) is 3.85. The van der Waals surface area contributed by atoms with Gasteiger partial charge in [-0.2, -0.15) is 5.48 Å². The van der Waals surface area contributed by atoms with Crippen molar-refractivity contribution in [3.8, 4) is 0 Å². The zero-order valence-electron chi connectivity index (χ0n) is 10.1. The Morgan fingerprint density at radius 2 is 1.83 bits per heavy atom. The first-order chi connectivity index (χ1) is 8.70. The number of aliphatic carboxylic acids is 1. The molecule has 5 nitrogen and oxygen atoms in total. The predicted octanol–water partition coefficient (Wildman–Crippen LogP) is 1.99. The van der Waals surface area contributed by atoms with Gasteiger partial charge >= 0.3 is 11.9 Å². The molecular weight excluding hydrogens is 234 g/mol. The molecule has 5 heteroatoms. The van der Waals surface area contributed by atoms with E-state index in [1.807, 2.05) is 6.07 Å². The third kappa shape index (κ3) is 6.00. The van der Waals surface area contributed by atoms with Crippen LogP contribution in [-0.4, -0.2) is 23.6 Å². The summed E-state index contributed by atoms with van der Waals surface area (Å²) in [4.78, 5) is 26.6. The molecule has 2 N–H and O–H groups in total. The van der Waals surface area contributed by atoms with Crippen molar-refractivity contribution >= 4 is 11.9 Å². The third-order valence-electron chi connectivity index (χ3n) is 2.34. The highest BCUT2D eigenvalue weighted by atomic mass is 16.7. The fourth-order valence-corrected chi connectivity index (χ4v) is 1.40. The minimum atomic E-state index is -0.779. The smallest absolute Gasteiger partial charge is 0.356 e. The van der Waals surface area contributed by atoms with Crippen LogP contribution in [0.1, 0.15) is 36.0 Å². The first-order valence-electron chi connectivity index (χ1n) is 5.91. The average Bonchev–Trinajstić information content (AvgIpc) is 2.38. The molecule has 1 aromatic carbocycles. The van der Waals surface area contributed by atoms with E-state index in [9.17, 15) is 9.59 Å². The van der Waals surface area contributed by atoms with E-state index in [2.05, 4.69) is 5.48 Å². The van der Waals surface area contributed by atoms with Gasteiger partial charge in [-0.15, -0.1) is 0 Å². The van der Waals surface area contributed by atoms with Gasteiger partial charge in [0.2, 0.25) is 0 Å². The fraction of sp³-hybridized carbons (Fsp3) is 0.385. The van der Waals surface area contributed by atoms with Crippen LogP contribution in [0.25, 0.3) is 0 Å². The number of rotatable bonds is 8. The Labute approximate surface area is 106 Å². The molecule has 0 saturated heterocycles. The summed E-state index contributed by atoms with van der Waals surface area (Å²) >= 11 is 0. The number of hydrogen-bond donors (Lipinski definition) is 2. The maximum atomic E-state index is 11.5. The number of carboxylic acid groups (broad SMARTS) is 1. The number of benzene rings is 1. The van der Waals surface area contributed by atoms with Crippen LogP contribution in [0.5, 0.6) is 0 Å². The lowest BCUT2D eigenvalue weighted by Gasteiger charge is -2.05. The molecule has 0 radical (unpaired) electrons. The number of hydroxylamine groups is 1. The number of carbonyl (C=O) groups is 2. The topological polar surface area (TPSA) is 75.6 Å². The van der Waals surface area contributed by atoms with Crippen molar-refractivity contribution in [2.24, 2.45) is 0 Å². The molecule has 0 aromatic heterocycles. The van der Waals surface area contributed by atoms with Crippen molar-refractivity contribution in [2.75, 3.05) is 6.54 Å². The highest BCUT2D eigenvalue weighted by molar-refractivity contribution is 5.89. The van der Waals surface area contributed by atoms with Crippen molar-refractivity contribution in [3.63, 3.8) is 0 Å². The molecule has 18 heavy (non-hydrogen) atoms. The Morgan fingerprint density at radius 1 is 1.11 bits per heavy atom. The van der Waals surface area contributed by atoms with Crippen LogP contribution in [0.15, 0.2) is 30.3 Å². The maximum Gasteiger partial charge on any atom is 0.356 e. The molecule has 0 unspecified atom stereocenters. The van der Waals surface area contributed by atoms with Crippen LogP contribution in [0.3, 0.4) is 0 Å². The van der Waals surface area contributed by atoms with Gasteiger partial charge in [0, 0.05) is 13.0 Å². The van der Waals surface area contributed by atoms with E-state index >= 15 is 0 Å². The second kappa shape index (κ2) is 8.25. The van der Waals surface area contributed by atoms with Crippen molar-refractivity contribution in [2.45, 2.75) is 25.7 Å². The second-order valence-electron chi connectivity index (χ2n) is 3.85. The monoisotopic (exact) mass is 251 g/mol. The summed E-state index contributed by atoms with van der Waals surface area (Å²) in [6, 6.07) is 8.71. The lowest BCUT2D eigenvalue weighted by atomic mass is 10.2. The highest BCUT2D eigenvalue weighted by Gasteiger charge is 2.05. The molecule has 0 saturated carbocycles. The molecule has 0 bridgehead atoms. The highest BCUT2D eigenvalue weighted by Crippen LogP contribution is 2.01. The first kappa shape index (κ1) is 14.2. The Balaban J connectivity index is 2.05. The van der Waals surface area contributed by atoms with Gasteiger partial charge in [0.25, 0.3) is 0 Å². The van der Waals surface area contributed by atoms with E-state index in [1.165, 1.54) is 0 Å². The number of carbonyl (C=O) groups excluding carboxylic acids is 1. The summed E-state index contributed by atoms with van der Waals surface area (Å²) < 4.78 is 0. The van der Waals surface area contributed by atoms with E-state index in [0.29, 0.717) is 18.5 Å². The van der Waals surface area contributed by atoms with Crippen molar-refractivity contribution in [3.05, 3.63) is 35.9 Å². The van der Waals surface area contributed by atoms with Gasteiger partial charge < -0.3 is 9.94 Å². The Morgan fingerprint density at radius 3 is 2.50 bits per heavy atom. The minimum absolute atomic E-state index is 0.184. The number of nitrogens with one attached hydrogen (secondary N) is 1. The summed E-state index contributed by atoms with van der Waals surface area (Å²) in [5.74, 6) is -1.19. The van der Waals surface area contributed by atoms with E-state index in [-0.39, 0.29) is 6.42 Å². The molecule has 0 aliphatic heterocycles. The van der Waals surface area contributed by atoms with E-state index in [4.69, 9.17) is 9.94 Å². The maximum absolute atomic E-state index is 11.5. The molecule has 1 rings (SSSR count). The molecule has 0 amide bonds. The molecule has 1 aromatic rings. The molecule has 0 aliphatic rings. The summed E-state index contributed by atoms with van der Waals surface area (Å²) in [7, 11) is 0. The molecule has 0 fully saturated rings. The molecular formula is C13H17NO4. The number of unbranched alkanes of at least 4 members (excludes halogenated alkanes) is 2. The van der Waals surface area contributed by atoms with Gasteiger partial charge in [-0.25, -0.2) is 4.79 Å². The summed E-state index contributed by atoms with van der Waals surface area (Å²) in [5.41, 5.74) is 3.07. The van der Waals surface area contributed by atoms with E-state index in [1.54, 1.807) is 24.3 Å². The molecule has 0 heterocycles. The predicted molar refractivity (Wildman–Crippen MR) is 66.0 cm³/mol. The van der Waals surface area contributed by atoms with Crippen molar-refractivity contribution in [1.29, 1.82) is 0 Å². The minimum Gasteiger partial charge on any atom is -0.481 e. The Bertz CT molecular complexity index is 378. The average molecular weight is 251 g/mol. The van der Waals surface area contributed by atoms with Gasteiger partial charge in [-0.3, -0.25) is 4.79 Å². The molecule has 98 valence electrons. The Hall–Kier alpha value is -1.88. The standard InChI is InChI=1S/C13H17NO4/c15-12(16)9-5-2-6-10-14-18-13(17)11-7-3-1-4-8-11/h1,3-4,7-8,14H,2,5-6,9-10H2,(H,15,16). The molecule has 0 atom stereocenters. The number of hydrogen-bond acceptors (Lipinski definition) is 4. The Kier molecular flexibility index (Phi) is 6.50. The van der Waals surface area contributed by atoms with Crippen LogP contribution in [0.4, 0.5) is 0 Å². The van der Waals surface area contributed by atoms with Gasteiger partial charge in [-0.1, -0.05) is 24.6 Å². The summed E-state index contributed by atoms with van der Waals surface area (Å²) in [6.07, 6.45) is 2.39. The fourth-order valence-electron chi connectivity index (χ4n) is 1.40. The van der Waals surface area contributed by atoms with Gasteiger partial charge in [0.1, 0.15) is 0 Å². The quantitative estimate of drug-likeness (QED) is 0.546. The van der Waals surface area contributed by atoms with E-state index in [0.717, 1.165) is 12.8 Å². The lowest BCUT2D eigenvalue weighted by molar-refractivity contribution is -0.137. The first-order valence-corrected chi connectivity index (χ1v) is 5.91. The van der Waals surface area contributed by atoms with Crippen LogP contribution in [0, 0.1) is 0 Å². The molecule has 0 aliphatic carbocycles. The largest absolute Gasteiger partial charge is 0.481 e. The normalized spacial score (nSPS) is 10.0. The number of carboxylic acids is 1. The van der Waals surface area contributed by atoms with Crippen LogP contribution in [-0.2, 0) is 9.63 Å². The zero-order chi connectivity index (χ0) is 13.2. The van der Waals surface area contributed by atoms with Gasteiger partial charge in [0.15, 0.2) is 0 Å². The summed E-state index contributed by atoms with van der Waals surface area (Å²) in [6.45, 7) is 0.526. The lowest BCUT2D eigenvalue weighted by Crippen LogP contribution is -2.21. The van der Waals surface area contributed by atoms with Crippen molar-refractivity contribution in [1.82, 2.24) is 5.48 Å². The summed E-state index contributed by atoms with van der Waals surface area (Å²) in [5, 5.41) is 8.43.